The monoisotopic (exact) mass is 364 g/mol. The molecule has 0 amide bonds. The molecule has 0 radical (unpaired) electrons. The summed E-state index contributed by atoms with van der Waals surface area (Å²) in [5.41, 5.74) is 11.7. The maximum atomic E-state index is 12.2. The van der Waals surface area contributed by atoms with E-state index in [0.29, 0.717) is 15.8 Å². The van der Waals surface area contributed by atoms with E-state index in [1.807, 2.05) is 24.3 Å². The predicted octanol–water partition coefficient (Wildman–Crippen LogP) is 5.48. The van der Waals surface area contributed by atoms with Crippen molar-refractivity contribution in [3.8, 4) is 5.88 Å². The maximum Gasteiger partial charge on any atom is 0.422 e. The second-order valence-electron chi connectivity index (χ2n) is 5.34. The Bertz CT molecular complexity index is 945. The van der Waals surface area contributed by atoms with Crippen LogP contribution in [0.25, 0.3) is 16.5 Å². The Morgan fingerprint density at radius 2 is 2.04 bits per heavy atom. The Balaban J connectivity index is 1.97. The number of benzene rings is 1. The second-order valence-corrected chi connectivity index (χ2v) is 5.78. The van der Waals surface area contributed by atoms with Gasteiger partial charge in [0.05, 0.1) is 0 Å². The van der Waals surface area contributed by atoms with Crippen LogP contribution >= 0.6 is 12.2 Å². The lowest BCUT2D eigenvalue weighted by atomic mass is 9.92. The Hall–Kier alpha value is -2.77. The normalized spacial score (nSPS) is 16.0. The first kappa shape index (κ1) is 17.1. The predicted molar refractivity (Wildman–Crippen MR) is 88.6 cm³/mol. The van der Waals surface area contributed by atoms with Gasteiger partial charge in [0.2, 0.25) is 0 Å². The van der Waals surface area contributed by atoms with Gasteiger partial charge in [-0.15, -0.1) is 0 Å². The summed E-state index contributed by atoms with van der Waals surface area (Å²) < 4.78 is 41.7. The lowest BCUT2D eigenvalue weighted by Gasteiger charge is -2.16. The molecule has 9 heteroatoms. The molecular formula is C16H11F3N4OS. The number of H-pyrrole nitrogens is 1. The molecule has 1 heterocycles. The zero-order valence-corrected chi connectivity index (χ0v) is 13.4. The Morgan fingerprint density at radius 1 is 1.28 bits per heavy atom. The molecule has 1 atom stereocenters. The summed E-state index contributed by atoms with van der Waals surface area (Å²) in [4.78, 5) is 5.51. The van der Waals surface area contributed by atoms with Gasteiger partial charge in [-0.05, 0) is 28.3 Å². The van der Waals surface area contributed by atoms with Crippen LogP contribution in [-0.4, -0.2) is 17.8 Å². The van der Waals surface area contributed by atoms with Crippen molar-refractivity contribution in [3.63, 3.8) is 0 Å². The number of fused-ring (bicyclic) bond motifs is 1. The molecule has 1 aromatic carbocycles. The van der Waals surface area contributed by atoms with Crippen molar-refractivity contribution >= 4 is 18.3 Å². The molecule has 0 saturated heterocycles. The fourth-order valence-corrected chi connectivity index (χ4v) is 2.99. The van der Waals surface area contributed by atoms with E-state index in [4.69, 9.17) is 17.7 Å². The van der Waals surface area contributed by atoms with Crippen LogP contribution in [0.4, 0.5) is 13.2 Å². The summed E-state index contributed by atoms with van der Waals surface area (Å²) in [7, 11) is 0. The molecule has 3 rings (SSSR count). The molecule has 1 aliphatic carbocycles. The Labute approximate surface area is 145 Å². The number of aromatic amines is 1. The van der Waals surface area contributed by atoms with Crippen LogP contribution in [-0.2, 0) is 0 Å². The molecular weight excluding hydrogens is 353 g/mol. The van der Waals surface area contributed by atoms with E-state index in [1.54, 1.807) is 6.08 Å². The van der Waals surface area contributed by atoms with Gasteiger partial charge in [-0.2, -0.15) is 13.2 Å². The summed E-state index contributed by atoms with van der Waals surface area (Å²) in [6.07, 6.45) is -1.18. The van der Waals surface area contributed by atoms with Gasteiger partial charge >= 0.3 is 6.18 Å². The number of ether oxygens (including phenoxy) is 1. The van der Waals surface area contributed by atoms with Crippen LogP contribution in [0.3, 0.4) is 0 Å². The molecule has 0 fully saturated rings. The highest BCUT2D eigenvalue weighted by Crippen LogP contribution is 2.42. The van der Waals surface area contributed by atoms with Crippen LogP contribution in [0.5, 0.6) is 5.88 Å². The lowest BCUT2D eigenvalue weighted by molar-refractivity contribution is -0.154. The number of halogens is 3. The van der Waals surface area contributed by atoms with Crippen molar-refractivity contribution in [3.05, 3.63) is 73.9 Å². The third-order valence-electron chi connectivity index (χ3n) is 3.69. The Morgan fingerprint density at radius 3 is 2.72 bits per heavy atom. The molecule has 0 bridgehead atoms. The number of nitrogens with one attached hydrogen (secondary N) is 1. The number of nitrogens with zero attached hydrogens (tertiary/aromatic N) is 3. The molecule has 5 nitrogen and oxygen atoms in total. The van der Waals surface area contributed by atoms with Gasteiger partial charge in [0.15, 0.2) is 12.5 Å². The summed E-state index contributed by atoms with van der Waals surface area (Å²) in [5, 5.41) is 3.73. The number of aromatic nitrogens is 1. The van der Waals surface area contributed by atoms with E-state index in [2.05, 4.69) is 19.7 Å². The van der Waals surface area contributed by atoms with Crippen LogP contribution in [0.1, 0.15) is 22.6 Å². The van der Waals surface area contributed by atoms with E-state index in [0.717, 1.165) is 11.1 Å². The van der Waals surface area contributed by atoms with E-state index in [-0.39, 0.29) is 11.8 Å². The van der Waals surface area contributed by atoms with Crippen molar-refractivity contribution in [1.82, 2.24) is 4.98 Å². The highest BCUT2D eigenvalue weighted by molar-refractivity contribution is 7.71. The van der Waals surface area contributed by atoms with Crippen LogP contribution in [0.15, 0.2) is 47.3 Å². The van der Waals surface area contributed by atoms with Crippen molar-refractivity contribution < 1.29 is 17.9 Å². The smallest absolute Gasteiger partial charge is 0.422 e. The first-order valence-corrected chi connectivity index (χ1v) is 7.57. The van der Waals surface area contributed by atoms with Gasteiger partial charge in [-0.1, -0.05) is 41.6 Å². The van der Waals surface area contributed by atoms with Gasteiger partial charge in [0.1, 0.15) is 0 Å². The summed E-state index contributed by atoms with van der Waals surface area (Å²) in [6, 6.07) is 8.81. The highest BCUT2D eigenvalue weighted by atomic mass is 32.1. The van der Waals surface area contributed by atoms with Crippen LogP contribution in [0.2, 0.25) is 0 Å². The summed E-state index contributed by atoms with van der Waals surface area (Å²) >= 11 is 5.31. The van der Waals surface area contributed by atoms with Gasteiger partial charge < -0.3 is 9.72 Å². The number of azide groups is 1. The minimum absolute atomic E-state index is 0.0772. The van der Waals surface area contributed by atoms with Crippen molar-refractivity contribution in [2.45, 2.75) is 12.1 Å². The number of hydrogen-bond donors (Lipinski definition) is 1. The third-order valence-corrected chi connectivity index (χ3v) is 4.04. The molecule has 1 unspecified atom stereocenters. The van der Waals surface area contributed by atoms with E-state index in [1.165, 1.54) is 12.3 Å². The number of allylic oxidation sites excluding steroid dienone is 1. The second kappa shape index (κ2) is 6.62. The quantitative estimate of drug-likeness (QED) is 0.337. The first-order chi connectivity index (χ1) is 11.9. The van der Waals surface area contributed by atoms with Gasteiger partial charge in [0.25, 0.3) is 0 Å². The molecule has 25 heavy (non-hydrogen) atoms. The zero-order chi connectivity index (χ0) is 18.0. The molecule has 0 spiro atoms. The molecule has 1 aromatic heterocycles. The first-order valence-electron chi connectivity index (χ1n) is 7.17. The van der Waals surface area contributed by atoms with Crippen LogP contribution < -0.4 is 4.74 Å². The summed E-state index contributed by atoms with van der Waals surface area (Å²) in [5.74, 6) is -0.459. The van der Waals surface area contributed by atoms with Gasteiger partial charge in [-0.25, -0.2) is 0 Å². The average Bonchev–Trinajstić information content (AvgIpc) is 2.91. The molecule has 0 aliphatic heterocycles. The molecule has 1 N–H and O–H groups in total. The van der Waals surface area contributed by atoms with E-state index < -0.39 is 12.8 Å². The van der Waals surface area contributed by atoms with Crippen molar-refractivity contribution in [2.75, 3.05) is 6.61 Å². The van der Waals surface area contributed by atoms with Gasteiger partial charge in [0, 0.05) is 33.3 Å². The SMILES string of the molecule is [N-]=[N+]=NC1=Cc2ccccc2C1c1c[nH]c(OCC(F)(F)F)cc1=S. The molecule has 1 aliphatic rings. The molecule has 0 saturated carbocycles. The van der Waals surface area contributed by atoms with Crippen molar-refractivity contribution in [2.24, 2.45) is 5.11 Å². The minimum Gasteiger partial charge on any atom is -0.469 e. The minimum atomic E-state index is -4.43. The standard InChI is InChI=1S/C16H11F3N4OS/c17-16(18,19)8-24-14-6-13(25)11(7-21-14)15-10-4-2-1-3-9(10)5-12(15)22-23-20/h1-7,15H,8H2,(H,21,25). The lowest BCUT2D eigenvalue weighted by Crippen LogP contribution is -2.19. The van der Waals surface area contributed by atoms with Crippen LogP contribution in [0, 0.1) is 4.51 Å². The topological polar surface area (TPSA) is 73.8 Å². The van der Waals surface area contributed by atoms with E-state index >= 15 is 0 Å². The van der Waals surface area contributed by atoms with E-state index in [9.17, 15) is 13.2 Å². The third kappa shape index (κ3) is 3.67. The number of rotatable bonds is 4. The van der Waals surface area contributed by atoms with Gasteiger partial charge in [-0.3, -0.25) is 0 Å². The maximum absolute atomic E-state index is 12.2. The van der Waals surface area contributed by atoms with Crippen molar-refractivity contribution in [1.29, 1.82) is 0 Å². The molecule has 2 aromatic rings. The number of pyridine rings is 1. The molecule has 128 valence electrons. The average molecular weight is 364 g/mol. The highest BCUT2D eigenvalue weighted by Gasteiger charge is 2.29. The number of alkyl halides is 3. The summed E-state index contributed by atoms with van der Waals surface area (Å²) in [6.45, 7) is -1.41. The fourth-order valence-electron chi connectivity index (χ4n) is 2.70. The fraction of sp³-hybridized carbons (Fsp3) is 0.188. The largest absolute Gasteiger partial charge is 0.469 e. The zero-order valence-electron chi connectivity index (χ0n) is 12.6. The number of hydrogen-bond acceptors (Lipinski definition) is 3. The Kier molecular flexibility index (Phi) is 4.52.